The number of carbonyl (C=O) groups is 9. The molecule has 9 N–H and O–H groups in total. The van der Waals surface area contributed by atoms with Gasteiger partial charge >= 0.3 is 24.2 Å². The molecule has 0 heterocycles. The Morgan fingerprint density at radius 1 is 0.425 bits per heavy atom. The van der Waals surface area contributed by atoms with Gasteiger partial charge in [-0.1, -0.05) is 129 Å². The number of amides is 8. The molecule has 0 fully saturated rings. The maximum atomic E-state index is 13.4. The summed E-state index contributed by atoms with van der Waals surface area (Å²) in [6.07, 6.45) is 0.640. The van der Waals surface area contributed by atoms with Crippen LogP contribution in [0, 0.1) is 23.7 Å². The van der Waals surface area contributed by atoms with Crippen molar-refractivity contribution in [2.24, 2.45) is 23.7 Å². The number of carbonyl (C=O) groups excluding carboxylic acids is 8. The van der Waals surface area contributed by atoms with E-state index in [0.29, 0.717) is 25.7 Å². The molecule has 2 aromatic carbocycles. The standard InChI is InChI=1S/C27H44N4O5.C18H35N3O4.C14H19NO4/c1-9-18(4)22(25(34)29-20(15-17(2)3)23(32)28-8)31-24(33)21(16-19-13-11-10-12-14-19)30-26(35)36-27(5,6)7;1-9-12(4)14(21-17(24)25-18(5,6)7)16(23)20-13(10-11(2)3)15(22)19-8;1-14(2,3)19-13(18)15-11(12(16)17)9-10-7-5-4-6-8-10/h10-14,17-18,20-22H,9,15-16H2,1-8H3,(H,28,32)(H,29,34)(H,30,35)(H,31,33);11-14H,9-10H2,1-8H3,(H,19,22)(H,20,23)(H,21,24);4-8,11H,9H2,1-3H3,(H,15,18)(H,16,17)/t18?,20-,21-,22-;12?,13-,14-;11-/m000/s1. The number of alkyl carbamates (subject to hydrolysis) is 3. The third kappa shape index (κ3) is 32.2. The highest BCUT2D eigenvalue weighted by atomic mass is 16.6. The van der Waals surface area contributed by atoms with Gasteiger partial charge in [0.2, 0.25) is 29.5 Å². The first-order chi connectivity index (χ1) is 36.9. The zero-order chi connectivity index (χ0) is 61.7. The lowest BCUT2D eigenvalue weighted by atomic mass is 9.96. The number of nitrogens with one attached hydrogen (secondary N) is 8. The highest BCUT2D eigenvalue weighted by molar-refractivity contribution is 5.94. The minimum atomic E-state index is -1.09. The molecule has 0 bridgehead atoms. The average molecular weight is 1130 g/mol. The molecule has 2 unspecified atom stereocenters. The molecule has 21 nitrogen and oxygen atoms in total. The third-order valence-electron chi connectivity index (χ3n) is 11.7. The maximum absolute atomic E-state index is 13.4. The summed E-state index contributed by atoms with van der Waals surface area (Å²) in [5, 5.41) is 30.3. The van der Waals surface area contributed by atoms with E-state index >= 15 is 0 Å². The van der Waals surface area contributed by atoms with Crippen LogP contribution < -0.4 is 42.5 Å². The summed E-state index contributed by atoms with van der Waals surface area (Å²) in [7, 11) is 3.05. The van der Waals surface area contributed by atoms with Crippen molar-refractivity contribution in [2.45, 2.75) is 209 Å². The fourth-order valence-electron chi connectivity index (χ4n) is 7.38. The van der Waals surface area contributed by atoms with E-state index in [9.17, 15) is 43.2 Å². The SMILES string of the molecule is CC(C)(C)OC(=O)N[C@@H](Cc1ccccc1)C(=O)O.CCC(C)[C@H](NC(=O)OC(C)(C)C)C(=O)N[C@@H](CC(C)C)C(=O)NC.CCC(C)[C@H](NC(=O)[C@H](Cc1ccccc1)NC(=O)OC(C)(C)C)C(=O)N[C@@H](CC(C)C)C(=O)NC. The molecule has 0 saturated carbocycles. The number of aliphatic carboxylic acids is 1. The molecular weight excluding hydrogens is 1030 g/mol. The molecule has 0 aromatic heterocycles. The van der Waals surface area contributed by atoms with E-state index in [1.807, 2.05) is 116 Å². The number of rotatable bonds is 24. The van der Waals surface area contributed by atoms with Gasteiger partial charge in [-0.15, -0.1) is 0 Å². The molecule has 0 saturated heterocycles. The Bertz CT molecular complexity index is 2240. The quantitative estimate of drug-likeness (QED) is 0.0466. The number of benzene rings is 2. The number of carboxylic acids is 1. The van der Waals surface area contributed by atoms with Crippen LogP contribution in [0.15, 0.2) is 60.7 Å². The van der Waals surface area contributed by atoms with Crippen LogP contribution in [0.5, 0.6) is 0 Å². The zero-order valence-electron chi connectivity index (χ0n) is 51.1. The molecule has 0 aliphatic heterocycles. The monoisotopic (exact) mass is 1130 g/mol. The van der Waals surface area contributed by atoms with Gasteiger partial charge in [0.1, 0.15) is 53.1 Å². The lowest BCUT2D eigenvalue weighted by Crippen LogP contribution is -2.59. The van der Waals surface area contributed by atoms with Gasteiger partial charge in [-0.2, -0.15) is 0 Å². The first-order valence-electron chi connectivity index (χ1n) is 27.6. The Morgan fingerprint density at radius 3 is 1.04 bits per heavy atom. The lowest BCUT2D eigenvalue weighted by Gasteiger charge is -2.29. The topological polar surface area (TPSA) is 298 Å². The molecule has 0 spiro atoms. The summed E-state index contributed by atoms with van der Waals surface area (Å²) >= 11 is 0. The summed E-state index contributed by atoms with van der Waals surface area (Å²) in [6, 6.07) is 13.4. The predicted molar refractivity (Wildman–Crippen MR) is 309 cm³/mol. The van der Waals surface area contributed by atoms with Crippen molar-refractivity contribution in [3.63, 3.8) is 0 Å². The second-order valence-corrected chi connectivity index (χ2v) is 23.6. The summed E-state index contributed by atoms with van der Waals surface area (Å²) in [5.41, 5.74) is -0.355. The molecule has 0 aliphatic carbocycles. The number of likely N-dealkylation sites (N-methyl/N-ethyl adjacent to an activating group) is 2. The van der Waals surface area contributed by atoms with Crippen LogP contribution in [0.25, 0.3) is 0 Å². The maximum Gasteiger partial charge on any atom is 0.408 e. The summed E-state index contributed by atoms with van der Waals surface area (Å²) in [6.45, 7) is 31.1. The molecular formula is C59H98N8O13. The highest BCUT2D eigenvalue weighted by Gasteiger charge is 2.35. The minimum absolute atomic E-state index is 0.100. The number of ether oxygens (including phenoxy) is 3. The van der Waals surface area contributed by atoms with E-state index in [1.54, 1.807) is 62.3 Å². The van der Waals surface area contributed by atoms with Gasteiger partial charge in [0.05, 0.1) is 0 Å². The van der Waals surface area contributed by atoms with Gasteiger partial charge in [-0.05, 0) is 110 Å². The van der Waals surface area contributed by atoms with Gasteiger partial charge in [0.25, 0.3) is 0 Å². The Balaban J connectivity index is 0.00000124. The van der Waals surface area contributed by atoms with E-state index in [1.165, 1.54) is 14.1 Å². The zero-order valence-corrected chi connectivity index (χ0v) is 51.1. The van der Waals surface area contributed by atoms with Gasteiger partial charge in [0.15, 0.2) is 0 Å². The average Bonchev–Trinajstić information content (AvgIpc) is 3.34. The van der Waals surface area contributed by atoms with Crippen LogP contribution in [0.3, 0.4) is 0 Å². The van der Waals surface area contributed by atoms with E-state index in [0.717, 1.165) is 11.1 Å². The van der Waals surface area contributed by atoms with Gasteiger partial charge in [-0.3, -0.25) is 24.0 Å². The first kappa shape index (κ1) is 73.1. The summed E-state index contributed by atoms with van der Waals surface area (Å²) in [5.74, 6) is -2.85. The van der Waals surface area contributed by atoms with E-state index < -0.39 is 89.1 Å². The third-order valence-corrected chi connectivity index (χ3v) is 11.7. The van der Waals surface area contributed by atoms with Crippen LogP contribution >= 0.6 is 0 Å². The second-order valence-electron chi connectivity index (χ2n) is 23.6. The predicted octanol–water partition coefficient (Wildman–Crippen LogP) is 7.34. The molecule has 2 aromatic rings. The first-order valence-corrected chi connectivity index (χ1v) is 27.6. The van der Waals surface area contributed by atoms with Crippen LogP contribution in [0.2, 0.25) is 0 Å². The molecule has 0 aliphatic rings. The fraction of sp³-hybridized carbons (Fsp3) is 0.644. The molecule has 2 rings (SSSR count). The van der Waals surface area contributed by atoms with Crippen molar-refractivity contribution in [1.82, 2.24) is 42.5 Å². The Morgan fingerprint density at radius 2 is 0.738 bits per heavy atom. The Kier molecular flexibility index (Phi) is 32.5. The molecule has 21 heteroatoms. The highest BCUT2D eigenvalue weighted by Crippen LogP contribution is 2.16. The molecule has 452 valence electrons. The molecule has 80 heavy (non-hydrogen) atoms. The van der Waals surface area contributed by atoms with Crippen molar-refractivity contribution < 1.29 is 62.5 Å². The van der Waals surface area contributed by atoms with Crippen molar-refractivity contribution in [2.75, 3.05) is 14.1 Å². The molecule has 0 radical (unpaired) electrons. The molecule has 8 atom stereocenters. The minimum Gasteiger partial charge on any atom is -0.480 e. The Labute approximate surface area is 476 Å². The van der Waals surface area contributed by atoms with Crippen molar-refractivity contribution in [3.8, 4) is 0 Å². The van der Waals surface area contributed by atoms with E-state index in [4.69, 9.17) is 19.3 Å². The van der Waals surface area contributed by atoms with Gasteiger partial charge in [-0.25, -0.2) is 19.2 Å². The largest absolute Gasteiger partial charge is 0.480 e. The van der Waals surface area contributed by atoms with Crippen LogP contribution in [0.4, 0.5) is 14.4 Å². The van der Waals surface area contributed by atoms with E-state index in [2.05, 4.69) is 42.5 Å². The summed E-state index contributed by atoms with van der Waals surface area (Å²) in [4.78, 5) is 111. The van der Waals surface area contributed by atoms with Crippen LogP contribution in [0.1, 0.15) is 155 Å². The lowest BCUT2D eigenvalue weighted by molar-refractivity contribution is -0.139. The smallest absolute Gasteiger partial charge is 0.408 e. The second kappa shape index (κ2) is 35.6. The fourth-order valence-corrected chi connectivity index (χ4v) is 7.38. The van der Waals surface area contributed by atoms with E-state index in [-0.39, 0.29) is 54.2 Å². The van der Waals surface area contributed by atoms with Gasteiger partial charge in [0, 0.05) is 26.9 Å². The Hall–Kier alpha value is -6.93. The molecule has 8 amide bonds. The number of hydrogen-bond acceptors (Lipinski definition) is 12. The van der Waals surface area contributed by atoms with Gasteiger partial charge < -0.3 is 61.9 Å². The van der Waals surface area contributed by atoms with Crippen molar-refractivity contribution in [3.05, 3.63) is 71.8 Å². The van der Waals surface area contributed by atoms with Crippen molar-refractivity contribution in [1.29, 1.82) is 0 Å². The number of carboxylic acid groups (broad SMARTS) is 1. The summed E-state index contributed by atoms with van der Waals surface area (Å²) < 4.78 is 15.6. The van der Waals surface area contributed by atoms with Crippen LogP contribution in [-0.4, -0.2) is 126 Å². The van der Waals surface area contributed by atoms with Crippen LogP contribution in [-0.2, 0) is 55.8 Å². The number of hydrogen-bond donors (Lipinski definition) is 9. The normalized spacial score (nSPS) is 14.3. The van der Waals surface area contributed by atoms with Crippen molar-refractivity contribution >= 4 is 53.8 Å².